The first-order valence-electron chi connectivity index (χ1n) is 6.93. The molecule has 1 heterocycles. The molecular formula is C17H14FN3OS. The van der Waals surface area contributed by atoms with Crippen LogP contribution in [0.4, 0.5) is 14.5 Å². The Kier molecular flexibility index (Phi) is 4.08. The van der Waals surface area contributed by atoms with Gasteiger partial charge in [-0.15, -0.1) is 0 Å². The molecule has 0 saturated heterocycles. The van der Waals surface area contributed by atoms with Crippen LogP contribution in [0.15, 0.2) is 48.5 Å². The lowest BCUT2D eigenvalue weighted by Crippen LogP contribution is -2.11. The van der Waals surface area contributed by atoms with Crippen LogP contribution < -0.4 is 11.1 Å². The molecule has 3 rings (SSSR count). The molecule has 4 nitrogen and oxygen atoms in total. The van der Waals surface area contributed by atoms with E-state index in [9.17, 15) is 9.18 Å². The van der Waals surface area contributed by atoms with Crippen molar-refractivity contribution in [2.45, 2.75) is 6.92 Å². The Hall–Kier alpha value is -2.73. The molecule has 0 fully saturated rings. The lowest BCUT2D eigenvalue weighted by atomic mass is 10.1. The number of halogens is 1. The summed E-state index contributed by atoms with van der Waals surface area (Å²) in [6.45, 7) is 1.96. The van der Waals surface area contributed by atoms with Crippen molar-refractivity contribution in [2.24, 2.45) is 0 Å². The lowest BCUT2D eigenvalue weighted by Gasteiger charge is -2.06. The first-order valence-corrected chi connectivity index (χ1v) is 7.75. The summed E-state index contributed by atoms with van der Waals surface area (Å²) in [6.07, 6.45) is 0. The fourth-order valence-electron chi connectivity index (χ4n) is 2.11. The molecule has 116 valence electrons. The number of hydrogen-bond acceptors (Lipinski definition) is 4. The number of carbonyl (C=O) groups is 1. The van der Waals surface area contributed by atoms with Crippen LogP contribution in [0.2, 0.25) is 0 Å². The summed E-state index contributed by atoms with van der Waals surface area (Å²) in [6, 6.07) is 13.1. The zero-order valence-corrected chi connectivity index (χ0v) is 13.2. The van der Waals surface area contributed by atoms with E-state index in [-0.39, 0.29) is 11.7 Å². The van der Waals surface area contributed by atoms with Gasteiger partial charge in [0.15, 0.2) is 5.13 Å². The minimum Gasteiger partial charge on any atom is -0.375 e. The minimum absolute atomic E-state index is 0.239. The summed E-state index contributed by atoms with van der Waals surface area (Å²) in [5.41, 5.74) is 8.62. The van der Waals surface area contributed by atoms with Crippen molar-refractivity contribution in [2.75, 3.05) is 11.1 Å². The van der Waals surface area contributed by atoms with E-state index in [0.29, 0.717) is 27.0 Å². The maximum atomic E-state index is 13.1. The maximum absolute atomic E-state index is 13.1. The molecule has 0 aliphatic rings. The summed E-state index contributed by atoms with van der Waals surface area (Å²) in [4.78, 5) is 16.6. The van der Waals surface area contributed by atoms with Gasteiger partial charge < -0.3 is 11.1 Å². The quantitative estimate of drug-likeness (QED) is 0.761. The summed E-state index contributed by atoms with van der Waals surface area (Å²) in [7, 11) is 0. The van der Waals surface area contributed by atoms with E-state index >= 15 is 0 Å². The molecule has 6 heteroatoms. The van der Waals surface area contributed by atoms with E-state index in [0.717, 1.165) is 5.56 Å². The van der Waals surface area contributed by atoms with Gasteiger partial charge in [-0.2, -0.15) is 0 Å². The van der Waals surface area contributed by atoms with Crippen LogP contribution in [-0.4, -0.2) is 10.9 Å². The van der Waals surface area contributed by atoms with Gasteiger partial charge in [0.25, 0.3) is 5.91 Å². The second-order valence-corrected chi connectivity index (χ2v) is 6.09. The molecule has 23 heavy (non-hydrogen) atoms. The molecule has 0 unspecified atom stereocenters. The molecule has 3 aromatic rings. The number of nitrogens with two attached hydrogens (primary N) is 1. The van der Waals surface area contributed by atoms with Crippen LogP contribution in [0.25, 0.3) is 11.3 Å². The number of aryl methyl sites for hydroxylation is 1. The van der Waals surface area contributed by atoms with Crippen LogP contribution in [0.3, 0.4) is 0 Å². The second kappa shape index (κ2) is 6.18. The SMILES string of the molecule is Cc1ccc(C(=O)Nc2sc(N)nc2-c2ccc(F)cc2)cc1. The first kappa shape index (κ1) is 15.2. The third-order valence-electron chi connectivity index (χ3n) is 3.30. The third-order valence-corrected chi connectivity index (χ3v) is 4.10. The van der Waals surface area contributed by atoms with Crippen molar-refractivity contribution < 1.29 is 9.18 Å². The van der Waals surface area contributed by atoms with Crippen molar-refractivity contribution in [3.8, 4) is 11.3 Å². The zero-order chi connectivity index (χ0) is 16.4. The summed E-state index contributed by atoms with van der Waals surface area (Å²) >= 11 is 1.18. The summed E-state index contributed by atoms with van der Waals surface area (Å²) < 4.78 is 13.1. The Morgan fingerprint density at radius 3 is 2.43 bits per heavy atom. The van der Waals surface area contributed by atoms with Crippen LogP contribution in [0.5, 0.6) is 0 Å². The number of nitrogens with zero attached hydrogens (tertiary/aromatic N) is 1. The van der Waals surface area contributed by atoms with Gasteiger partial charge in [-0.1, -0.05) is 29.0 Å². The molecule has 0 atom stereocenters. The van der Waals surface area contributed by atoms with E-state index in [1.165, 1.54) is 23.5 Å². The van der Waals surface area contributed by atoms with Crippen LogP contribution in [0.1, 0.15) is 15.9 Å². The lowest BCUT2D eigenvalue weighted by molar-refractivity contribution is 0.102. The van der Waals surface area contributed by atoms with Crippen molar-refractivity contribution in [1.29, 1.82) is 0 Å². The van der Waals surface area contributed by atoms with Gasteiger partial charge in [-0.25, -0.2) is 9.37 Å². The van der Waals surface area contributed by atoms with E-state index in [4.69, 9.17) is 5.73 Å². The number of nitrogens with one attached hydrogen (secondary N) is 1. The van der Waals surface area contributed by atoms with E-state index in [1.54, 1.807) is 24.3 Å². The highest BCUT2D eigenvalue weighted by Crippen LogP contribution is 2.34. The number of nitrogen functional groups attached to an aromatic ring is 1. The summed E-state index contributed by atoms with van der Waals surface area (Å²) in [5, 5.41) is 3.70. The molecule has 0 bridgehead atoms. The molecule has 1 aromatic heterocycles. The molecule has 0 radical (unpaired) electrons. The van der Waals surface area contributed by atoms with Gasteiger partial charge in [0.2, 0.25) is 0 Å². The molecule has 2 aromatic carbocycles. The number of thiazole rings is 1. The number of benzene rings is 2. The Labute approximate surface area is 136 Å². The second-order valence-electron chi connectivity index (χ2n) is 5.06. The average Bonchev–Trinajstić information content (AvgIpc) is 2.89. The normalized spacial score (nSPS) is 10.5. The fourth-order valence-corrected chi connectivity index (χ4v) is 2.85. The summed E-state index contributed by atoms with van der Waals surface area (Å²) in [5.74, 6) is -0.570. The number of carbonyl (C=O) groups excluding carboxylic acids is 1. The van der Waals surface area contributed by atoms with Gasteiger partial charge in [0.1, 0.15) is 16.5 Å². The number of aromatic nitrogens is 1. The average molecular weight is 327 g/mol. The molecule has 0 spiro atoms. The van der Waals surface area contributed by atoms with Crippen molar-refractivity contribution in [3.05, 3.63) is 65.5 Å². The number of amides is 1. The molecule has 0 aliphatic heterocycles. The van der Waals surface area contributed by atoms with E-state index < -0.39 is 0 Å². The highest BCUT2D eigenvalue weighted by atomic mass is 32.1. The third kappa shape index (κ3) is 3.37. The highest BCUT2D eigenvalue weighted by molar-refractivity contribution is 7.20. The van der Waals surface area contributed by atoms with Gasteiger partial charge in [-0.05, 0) is 43.3 Å². The molecule has 0 aliphatic carbocycles. The zero-order valence-electron chi connectivity index (χ0n) is 12.3. The Morgan fingerprint density at radius 2 is 1.78 bits per heavy atom. The van der Waals surface area contributed by atoms with Gasteiger partial charge >= 0.3 is 0 Å². The maximum Gasteiger partial charge on any atom is 0.256 e. The molecular weight excluding hydrogens is 313 g/mol. The van der Waals surface area contributed by atoms with Gasteiger partial charge in [0, 0.05) is 11.1 Å². The fraction of sp³-hybridized carbons (Fsp3) is 0.0588. The predicted octanol–water partition coefficient (Wildman–Crippen LogP) is 4.09. The van der Waals surface area contributed by atoms with Crippen molar-refractivity contribution in [1.82, 2.24) is 4.98 Å². The van der Waals surface area contributed by atoms with E-state index in [1.807, 2.05) is 19.1 Å². The smallest absolute Gasteiger partial charge is 0.256 e. The van der Waals surface area contributed by atoms with Crippen LogP contribution in [-0.2, 0) is 0 Å². The highest BCUT2D eigenvalue weighted by Gasteiger charge is 2.15. The molecule has 0 saturated carbocycles. The largest absolute Gasteiger partial charge is 0.375 e. The molecule has 3 N–H and O–H groups in total. The Morgan fingerprint density at radius 1 is 1.13 bits per heavy atom. The van der Waals surface area contributed by atoms with Crippen molar-refractivity contribution in [3.63, 3.8) is 0 Å². The van der Waals surface area contributed by atoms with E-state index in [2.05, 4.69) is 10.3 Å². The number of rotatable bonds is 3. The number of hydrogen-bond donors (Lipinski definition) is 2. The topological polar surface area (TPSA) is 68.0 Å². The monoisotopic (exact) mass is 327 g/mol. The van der Waals surface area contributed by atoms with Crippen LogP contribution in [0, 0.1) is 12.7 Å². The Bertz CT molecular complexity index is 841. The number of anilines is 2. The Balaban J connectivity index is 1.90. The minimum atomic E-state index is -0.331. The predicted molar refractivity (Wildman–Crippen MR) is 91.1 cm³/mol. The van der Waals surface area contributed by atoms with Gasteiger partial charge in [0.05, 0.1) is 0 Å². The van der Waals surface area contributed by atoms with Crippen molar-refractivity contribution >= 4 is 27.4 Å². The van der Waals surface area contributed by atoms with Gasteiger partial charge in [-0.3, -0.25) is 4.79 Å². The first-order chi connectivity index (χ1) is 11.0. The van der Waals surface area contributed by atoms with Crippen LogP contribution >= 0.6 is 11.3 Å². The molecule has 1 amide bonds. The standard InChI is InChI=1S/C17H14FN3OS/c1-10-2-4-12(5-3-10)15(22)21-16-14(20-17(19)23-16)11-6-8-13(18)9-7-11/h2-9H,1H3,(H2,19,20)(H,21,22).